The number of carbonyl (C=O) groups is 2. The molecule has 0 aromatic heterocycles. The summed E-state index contributed by atoms with van der Waals surface area (Å²) < 4.78 is 26.8. The average Bonchev–Trinajstić information content (AvgIpc) is 3.03. The summed E-state index contributed by atoms with van der Waals surface area (Å²) in [6.07, 6.45) is 4.84. The van der Waals surface area contributed by atoms with Crippen molar-refractivity contribution >= 4 is 23.8 Å². The molecule has 0 radical (unpaired) electrons. The van der Waals surface area contributed by atoms with Crippen LogP contribution in [-0.4, -0.2) is 128 Å². The number of nitrogens with zero attached hydrogens (tertiary/aromatic N) is 4. The maximum absolute atomic E-state index is 14.9. The zero-order valence-electron chi connectivity index (χ0n) is 27.9. The second kappa shape index (κ2) is 17.2. The summed E-state index contributed by atoms with van der Waals surface area (Å²) >= 11 is 0. The average molecular weight is 645 g/mol. The number of piperazine rings is 2. The first-order chi connectivity index (χ1) is 22.0. The number of aliphatic hydroxyl groups is 2. The molecule has 0 aliphatic carbocycles. The lowest BCUT2D eigenvalue weighted by Crippen LogP contribution is -2.48. The lowest BCUT2D eigenvalue weighted by atomic mass is 9.91. The second-order valence-corrected chi connectivity index (χ2v) is 13.2. The largest absolute Gasteiger partial charge is 0.457 e. The highest BCUT2D eigenvalue weighted by Gasteiger charge is 2.29. The Balaban J connectivity index is 1.52. The predicted octanol–water partition coefficient (Wildman–Crippen LogP) is 3.77. The van der Waals surface area contributed by atoms with E-state index in [0.29, 0.717) is 31.5 Å². The number of ether oxygens (including phenoxy) is 2. The minimum absolute atomic E-state index is 0.0673. The van der Waals surface area contributed by atoms with Gasteiger partial charge in [-0.1, -0.05) is 26.0 Å². The van der Waals surface area contributed by atoms with Gasteiger partial charge < -0.3 is 34.4 Å². The molecule has 1 aromatic carbocycles. The minimum Gasteiger partial charge on any atom is -0.457 e. The fraction of sp³-hybridized carbons (Fsp3) is 0.657. The Morgan fingerprint density at radius 1 is 1.04 bits per heavy atom. The summed E-state index contributed by atoms with van der Waals surface area (Å²) in [5, 5.41) is 19.8. The van der Waals surface area contributed by atoms with Crippen LogP contribution in [0.25, 0.3) is 6.08 Å². The minimum atomic E-state index is -0.873. The molecule has 1 amide bonds. The Kier molecular flexibility index (Phi) is 13.4. The monoisotopic (exact) mass is 644 g/mol. The first-order valence-corrected chi connectivity index (χ1v) is 16.8. The summed E-state index contributed by atoms with van der Waals surface area (Å²) in [4.78, 5) is 34.4. The Morgan fingerprint density at radius 3 is 2.46 bits per heavy atom. The van der Waals surface area contributed by atoms with Crippen molar-refractivity contribution in [2.24, 2.45) is 11.8 Å². The van der Waals surface area contributed by atoms with Gasteiger partial charge in [-0.05, 0) is 74.6 Å². The smallest absolute Gasteiger partial charge is 0.410 e. The van der Waals surface area contributed by atoms with E-state index in [-0.39, 0.29) is 36.8 Å². The molecule has 46 heavy (non-hydrogen) atoms. The van der Waals surface area contributed by atoms with Crippen LogP contribution in [0, 0.1) is 17.7 Å². The highest BCUT2D eigenvalue weighted by atomic mass is 19.1. The predicted molar refractivity (Wildman–Crippen MR) is 177 cm³/mol. The highest BCUT2D eigenvalue weighted by Crippen LogP contribution is 2.27. The van der Waals surface area contributed by atoms with Crippen LogP contribution >= 0.6 is 0 Å². The molecular formula is C35H53FN4O6. The summed E-state index contributed by atoms with van der Waals surface area (Å²) in [6.45, 7) is 12.8. The molecule has 256 valence electrons. The van der Waals surface area contributed by atoms with Crippen LogP contribution in [0.15, 0.2) is 35.9 Å². The fourth-order valence-corrected chi connectivity index (χ4v) is 6.36. The Morgan fingerprint density at radius 2 is 1.76 bits per heavy atom. The van der Waals surface area contributed by atoms with Crippen LogP contribution < -0.4 is 4.90 Å². The van der Waals surface area contributed by atoms with Crippen molar-refractivity contribution in [1.82, 2.24) is 14.7 Å². The highest BCUT2D eigenvalue weighted by molar-refractivity contribution is 5.71. The van der Waals surface area contributed by atoms with Crippen molar-refractivity contribution in [3.63, 3.8) is 0 Å². The number of benzene rings is 1. The third kappa shape index (κ3) is 10.5. The topological polar surface area (TPSA) is 106 Å². The van der Waals surface area contributed by atoms with E-state index in [1.807, 2.05) is 52.1 Å². The van der Waals surface area contributed by atoms with Gasteiger partial charge in [0.1, 0.15) is 18.0 Å². The van der Waals surface area contributed by atoms with Crippen molar-refractivity contribution < 1.29 is 33.7 Å². The Hall–Kier alpha value is -2.99. The number of hydrogen-bond acceptors (Lipinski definition) is 9. The van der Waals surface area contributed by atoms with Crippen LogP contribution in [0.2, 0.25) is 0 Å². The van der Waals surface area contributed by atoms with Crippen molar-refractivity contribution in [2.45, 2.75) is 64.8 Å². The molecule has 11 heteroatoms. The molecule has 2 saturated heterocycles. The first kappa shape index (κ1) is 35.9. The number of anilines is 1. The van der Waals surface area contributed by atoms with Gasteiger partial charge in [-0.15, -0.1) is 0 Å². The molecular weight excluding hydrogens is 591 g/mol. The van der Waals surface area contributed by atoms with Gasteiger partial charge in [-0.25, -0.2) is 9.18 Å². The van der Waals surface area contributed by atoms with Gasteiger partial charge >= 0.3 is 12.1 Å². The summed E-state index contributed by atoms with van der Waals surface area (Å²) in [6, 6.07) is 4.97. The number of hydrogen-bond donors (Lipinski definition) is 2. The van der Waals surface area contributed by atoms with E-state index < -0.39 is 24.3 Å². The lowest BCUT2D eigenvalue weighted by molar-refractivity contribution is -0.151. The van der Waals surface area contributed by atoms with E-state index >= 15 is 0 Å². The van der Waals surface area contributed by atoms with Gasteiger partial charge in [0.25, 0.3) is 0 Å². The van der Waals surface area contributed by atoms with Crippen molar-refractivity contribution in [1.29, 1.82) is 0 Å². The molecule has 3 aliphatic rings. The van der Waals surface area contributed by atoms with Crippen molar-refractivity contribution in [3.8, 4) is 0 Å². The molecule has 0 spiro atoms. The van der Waals surface area contributed by atoms with Gasteiger partial charge in [0, 0.05) is 77.1 Å². The van der Waals surface area contributed by atoms with Crippen molar-refractivity contribution in [2.75, 3.05) is 77.5 Å². The lowest BCUT2D eigenvalue weighted by Gasteiger charge is -2.36. The van der Waals surface area contributed by atoms with Crippen LogP contribution in [0.4, 0.5) is 14.9 Å². The van der Waals surface area contributed by atoms with Crippen LogP contribution in [0.5, 0.6) is 0 Å². The zero-order valence-corrected chi connectivity index (χ0v) is 27.9. The number of carbonyl (C=O) groups excluding carboxylic acids is 2. The van der Waals surface area contributed by atoms with Crippen LogP contribution in [0.1, 0.15) is 52.0 Å². The summed E-state index contributed by atoms with van der Waals surface area (Å²) in [5.41, 5.74) is 2.20. The van der Waals surface area contributed by atoms with E-state index in [1.54, 1.807) is 11.0 Å². The van der Waals surface area contributed by atoms with Gasteiger partial charge in [0.05, 0.1) is 12.5 Å². The van der Waals surface area contributed by atoms with E-state index in [0.717, 1.165) is 63.5 Å². The van der Waals surface area contributed by atoms with Gasteiger partial charge in [0.15, 0.2) is 0 Å². The van der Waals surface area contributed by atoms with E-state index in [4.69, 9.17) is 14.6 Å². The zero-order chi connectivity index (χ0) is 33.2. The maximum atomic E-state index is 14.9. The number of cyclic esters (lactones) is 1. The molecule has 2 N–H and O–H groups in total. The molecule has 10 nitrogen and oxygen atoms in total. The van der Waals surface area contributed by atoms with Gasteiger partial charge in [-0.2, -0.15) is 0 Å². The molecule has 3 aliphatic heterocycles. The third-order valence-electron chi connectivity index (χ3n) is 9.37. The maximum Gasteiger partial charge on any atom is 0.410 e. The van der Waals surface area contributed by atoms with Gasteiger partial charge in [0.2, 0.25) is 0 Å². The number of likely N-dealkylation sites (N-methyl/N-ethyl adjacent to an activating group) is 1. The van der Waals surface area contributed by atoms with Crippen molar-refractivity contribution in [3.05, 3.63) is 47.3 Å². The molecule has 4 rings (SSSR count). The molecule has 0 saturated carbocycles. The Bertz CT molecular complexity index is 1210. The normalized spacial score (nSPS) is 28.6. The molecule has 5 atom stereocenters. The summed E-state index contributed by atoms with van der Waals surface area (Å²) in [7, 11) is 2.03. The van der Waals surface area contributed by atoms with Crippen LogP contribution in [0.3, 0.4) is 0 Å². The standard InChI is InChI=1S/C35H53FN4O6/c1-25-6-8-31(42)24-33(43)46-34(26(2)7-9-32(25)45-35(44)40-15-11-37(4)12-16-40)27(3)20-28-21-29(36)23-30(22-28)39-17-13-38(14-18-39)10-5-19-41/h7,9,20-23,25-26,31-32,34,41-42H,5-6,8,10-19,24H2,1-4H3/b9-7-,27-20+/t25-,26-,31+,32-,34-/m0/s1. The quantitative estimate of drug-likeness (QED) is 0.339. The van der Waals surface area contributed by atoms with E-state index in [2.05, 4.69) is 14.7 Å². The van der Waals surface area contributed by atoms with Crippen LogP contribution in [-0.2, 0) is 14.3 Å². The number of amides is 1. The SMILES string of the molecule is C/C(=C\c1cc(F)cc(N2CCN(CCCO)CC2)c1)[C@H]1OC(=O)C[C@H](O)CC[C@H](C)[C@@H](OC(=O)N2CCN(C)CC2)/C=C\[C@@H]1C. The molecule has 1 aromatic rings. The van der Waals surface area contributed by atoms with E-state index in [1.165, 1.54) is 6.07 Å². The molecule has 3 heterocycles. The molecule has 2 fully saturated rings. The molecule has 0 bridgehead atoms. The van der Waals surface area contributed by atoms with Gasteiger partial charge in [-0.3, -0.25) is 9.69 Å². The fourth-order valence-electron chi connectivity index (χ4n) is 6.36. The number of halogens is 1. The first-order valence-electron chi connectivity index (χ1n) is 16.8. The number of rotatable bonds is 7. The number of aliphatic hydroxyl groups excluding tert-OH is 2. The molecule has 0 unspecified atom stereocenters. The Labute approximate surface area is 273 Å². The van der Waals surface area contributed by atoms with E-state index in [9.17, 15) is 19.1 Å². The summed E-state index contributed by atoms with van der Waals surface area (Å²) in [5.74, 6) is -1.18. The second-order valence-electron chi connectivity index (χ2n) is 13.2. The number of esters is 1. The third-order valence-corrected chi connectivity index (χ3v) is 9.37.